The highest BCUT2D eigenvalue weighted by atomic mass is 16.5. The quantitative estimate of drug-likeness (QED) is 0.748. The molecule has 16 heavy (non-hydrogen) atoms. The second-order valence-corrected chi connectivity index (χ2v) is 3.63. The second kappa shape index (κ2) is 4.32. The van der Waals surface area contributed by atoms with Gasteiger partial charge in [-0.2, -0.15) is 0 Å². The SMILES string of the molecule is NC(=O)CNC(=O)c1ccc2c(c1)COC2. The highest BCUT2D eigenvalue weighted by molar-refractivity contribution is 5.96. The van der Waals surface area contributed by atoms with Crippen LogP contribution in [0, 0.1) is 0 Å². The van der Waals surface area contributed by atoms with Crippen molar-refractivity contribution in [3.8, 4) is 0 Å². The molecule has 1 heterocycles. The fourth-order valence-electron chi connectivity index (χ4n) is 1.58. The second-order valence-electron chi connectivity index (χ2n) is 3.63. The van der Waals surface area contributed by atoms with Gasteiger partial charge in [0.05, 0.1) is 19.8 Å². The number of benzene rings is 1. The zero-order valence-electron chi connectivity index (χ0n) is 8.66. The topological polar surface area (TPSA) is 81.4 Å². The summed E-state index contributed by atoms with van der Waals surface area (Å²) in [6.45, 7) is 0.983. The van der Waals surface area contributed by atoms with Gasteiger partial charge >= 0.3 is 0 Å². The Morgan fingerprint density at radius 3 is 2.81 bits per heavy atom. The maximum Gasteiger partial charge on any atom is 0.251 e. The summed E-state index contributed by atoms with van der Waals surface area (Å²) in [6, 6.07) is 5.35. The number of rotatable bonds is 3. The number of carbonyl (C=O) groups is 2. The molecule has 2 amide bonds. The van der Waals surface area contributed by atoms with E-state index in [4.69, 9.17) is 10.5 Å². The van der Waals surface area contributed by atoms with Gasteiger partial charge in [-0.3, -0.25) is 9.59 Å². The van der Waals surface area contributed by atoms with Gasteiger partial charge < -0.3 is 15.8 Å². The molecule has 1 aromatic carbocycles. The molecule has 0 saturated heterocycles. The third-order valence-corrected chi connectivity index (χ3v) is 2.41. The first kappa shape index (κ1) is 10.6. The van der Waals surface area contributed by atoms with Crippen molar-refractivity contribution < 1.29 is 14.3 Å². The molecule has 0 radical (unpaired) electrons. The summed E-state index contributed by atoms with van der Waals surface area (Å²) < 4.78 is 5.24. The van der Waals surface area contributed by atoms with E-state index in [1.165, 1.54) is 0 Å². The van der Waals surface area contributed by atoms with E-state index in [1.807, 2.05) is 6.07 Å². The molecule has 0 bridgehead atoms. The highest BCUT2D eigenvalue weighted by Crippen LogP contribution is 2.20. The lowest BCUT2D eigenvalue weighted by Gasteiger charge is -2.04. The predicted molar refractivity (Wildman–Crippen MR) is 56.5 cm³/mol. The molecule has 5 nitrogen and oxygen atoms in total. The van der Waals surface area contributed by atoms with Crippen molar-refractivity contribution in [1.29, 1.82) is 0 Å². The van der Waals surface area contributed by atoms with Crippen LogP contribution >= 0.6 is 0 Å². The first-order valence-electron chi connectivity index (χ1n) is 4.93. The fourth-order valence-corrected chi connectivity index (χ4v) is 1.58. The van der Waals surface area contributed by atoms with Crippen molar-refractivity contribution in [2.75, 3.05) is 6.54 Å². The lowest BCUT2D eigenvalue weighted by atomic mass is 10.1. The Hall–Kier alpha value is -1.88. The van der Waals surface area contributed by atoms with Gasteiger partial charge in [0.2, 0.25) is 5.91 Å². The minimum atomic E-state index is -0.558. The van der Waals surface area contributed by atoms with E-state index in [9.17, 15) is 9.59 Å². The molecule has 1 aromatic rings. The van der Waals surface area contributed by atoms with Crippen molar-refractivity contribution >= 4 is 11.8 Å². The van der Waals surface area contributed by atoms with E-state index in [1.54, 1.807) is 12.1 Å². The van der Waals surface area contributed by atoms with Crippen molar-refractivity contribution in [1.82, 2.24) is 5.32 Å². The monoisotopic (exact) mass is 220 g/mol. The standard InChI is InChI=1S/C11H12N2O3/c12-10(14)4-13-11(15)7-1-2-8-5-16-6-9(8)3-7/h1-3H,4-6H2,(H2,12,14)(H,13,15). The van der Waals surface area contributed by atoms with Crippen LogP contribution in [0.3, 0.4) is 0 Å². The lowest BCUT2D eigenvalue weighted by Crippen LogP contribution is -2.33. The van der Waals surface area contributed by atoms with Gasteiger partial charge in [-0.05, 0) is 23.3 Å². The molecule has 0 aromatic heterocycles. The van der Waals surface area contributed by atoms with Gasteiger partial charge in [0.1, 0.15) is 0 Å². The number of carbonyl (C=O) groups excluding carboxylic acids is 2. The van der Waals surface area contributed by atoms with Gasteiger partial charge in [0.25, 0.3) is 5.91 Å². The smallest absolute Gasteiger partial charge is 0.251 e. The molecule has 1 aliphatic heterocycles. The van der Waals surface area contributed by atoms with Gasteiger partial charge in [0.15, 0.2) is 0 Å². The normalized spacial score (nSPS) is 13.2. The van der Waals surface area contributed by atoms with Crippen molar-refractivity contribution in [3.05, 3.63) is 34.9 Å². The largest absolute Gasteiger partial charge is 0.372 e. The summed E-state index contributed by atoms with van der Waals surface area (Å²) >= 11 is 0. The first-order valence-corrected chi connectivity index (χ1v) is 4.93. The Bertz CT molecular complexity index is 443. The van der Waals surface area contributed by atoms with E-state index in [-0.39, 0.29) is 12.5 Å². The number of amides is 2. The van der Waals surface area contributed by atoms with Crippen LogP contribution in [-0.4, -0.2) is 18.4 Å². The number of nitrogens with two attached hydrogens (primary N) is 1. The summed E-state index contributed by atoms with van der Waals surface area (Å²) in [5.74, 6) is -0.855. The van der Waals surface area contributed by atoms with Crippen molar-refractivity contribution in [2.45, 2.75) is 13.2 Å². The van der Waals surface area contributed by atoms with Gasteiger partial charge in [-0.25, -0.2) is 0 Å². The molecule has 0 atom stereocenters. The summed E-state index contributed by atoms with van der Waals surface area (Å²) in [5.41, 5.74) is 7.58. The van der Waals surface area contributed by atoms with Crippen LogP contribution in [0.15, 0.2) is 18.2 Å². The number of hydrogen-bond donors (Lipinski definition) is 2. The molecule has 5 heteroatoms. The highest BCUT2D eigenvalue weighted by Gasteiger charge is 2.14. The Labute approximate surface area is 92.6 Å². The number of primary amides is 1. The molecule has 0 saturated carbocycles. The zero-order valence-corrected chi connectivity index (χ0v) is 8.66. The van der Waals surface area contributed by atoms with Crippen LogP contribution in [0.2, 0.25) is 0 Å². The maximum absolute atomic E-state index is 11.6. The van der Waals surface area contributed by atoms with Crippen LogP contribution < -0.4 is 11.1 Å². The molecule has 0 aliphatic carbocycles. The molecule has 0 fully saturated rings. The molecular formula is C11H12N2O3. The summed E-state index contributed by atoms with van der Waals surface area (Å²) in [4.78, 5) is 22.1. The number of hydrogen-bond acceptors (Lipinski definition) is 3. The average Bonchev–Trinajstić information content (AvgIpc) is 2.72. The number of fused-ring (bicyclic) bond motifs is 1. The van der Waals surface area contributed by atoms with Gasteiger partial charge in [-0.15, -0.1) is 0 Å². The number of nitrogens with one attached hydrogen (secondary N) is 1. The maximum atomic E-state index is 11.6. The van der Waals surface area contributed by atoms with Crippen LogP contribution in [0.1, 0.15) is 21.5 Å². The molecule has 84 valence electrons. The van der Waals surface area contributed by atoms with Crippen LogP contribution in [0.25, 0.3) is 0 Å². The van der Waals surface area contributed by atoms with E-state index < -0.39 is 5.91 Å². The van der Waals surface area contributed by atoms with Gasteiger partial charge in [0, 0.05) is 5.56 Å². The van der Waals surface area contributed by atoms with E-state index >= 15 is 0 Å². The Morgan fingerprint density at radius 1 is 1.31 bits per heavy atom. The van der Waals surface area contributed by atoms with E-state index in [0.29, 0.717) is 18.8 Å². The third-order valence-electron chi connectivity index (χ3n) is 2.41. The first-order chi connectivity index (χ1) is 7.66. The Morgan fingerprint density at radius 2 is 2.06 bits per heavy atom. The van der Waals surface area contributed by atoms with E-state index in [2.05, 4.69) is 5.32 Å². The Kier molecular flexibility index (Phi) is 2.87. The Balaban J connectivity index is 2.09. The third kappa shape index (κ3) is 2.20. The predicted octanol–water partition coefficient (Wildman–Crippen LogP) is -0.0681. The molecular weight excluding hydrogens is 208 g/mol. The molecule has 3 N–H and O–H groups in total. The fraction of sp³-hybridized carbons (Fsp3) is 0.273. The molecule has 0 spiro atoms. The van der Waals surface area contributed by atoms with Crippen LogP contribution in [0.4, 0.5) is 0 Å². The summed E-state index contributed by atoms with van der Waals surface area (Å²) in [6.07, 6.45) is 0. The minimum absolute atomic E-state index is 0.146. The zero-order chi connectivity index (χ0) is 11.5. The van der Waals surface area contributed by atoms with Crippen LogP contribution in [-0.2, 0) is 22.7 Å². The van der Waals surface area contributed by atoms with Gasteiger partial charge in [-0.1, -0.05) is 6.07 Å². The van der Waals surface area contributed by atoms with Crippen molar-refractivity contribution in [3.63, 3.8) is 0 Å². The minimum Gasteiger partial charge on any atom is -0.372 e. The molecule has 1 aliphatic rings. The summed E-state index contributed by atoms with van der Waals surface area (Å²) in [7, 11) is 0. The van der Waals surface area contributed by atoms with Crippen LogP contribution in [0.5, 0.6) is 0 Å². The van der Waals surface area contributed by atoms with Crippen molar-refractivity contribution in [2.24, 2.45) is 5.73 Å². The number of ether oxygens (including phenoxy) is 1. The molecule has 0 unspecified atom stereocenters. The molecule has 2 rings (SSSR count). The van der Waals surface area contributed by atoms with E-state index in [0.717, 1.165) is 11.1 Å². The summed E-state index contributed by atoms with van der Waals surface area (Å²) in [5, 5.41) is 2.44. The lowest BCUT2D eigenvalue weighted by molar-refractivity contribution is -0.117. The average molecular weight is 220 g/mol.